The summed E-state index contributed by atoms with van der Waals surface area (Å²) in [4.78, 5) is 19.6. The molecule has 0 bridgehead atoms. The maximum absolute atomic E-state index is 11.4. The number of aryl methyl sites for hydroxylation is 1. The lowest BCUT2D eigenvalue weighted by Crippen LogP contribution is -2.18. The minimum absolute atomic E-state index is 0.143. The Kier molecular flexibility index (Phi) is 2.79. The molecule has 3 heterocycles. The molecule has 0 aliphatic carbocycles. The molecule has 0 aromatic carbocycles. The van der Waals surface area contributed by atoms with E-state index in [1.807, 2.05) is 0 Å². The van der Waals surface area contributed by atoms with Gasteiger partial charge in [-0.15, -0.1) is 0 Å². The topological polar surface area (TPSA) is 99.8 Å². The van der Waals surface area contributed by atoms with Crippen LogP contribution in [-0.2, 0) is 7.05 Å². The molecule has 0 aliphatic heterocycles. The summed E-state index contributed by atoms with van der Waals surface area (Å²) in [6.45, 7) is 0. The van der Waals surface area contributed by atoms with Gasteiger partial charge in [0, 0.05) is 19.3 Å². The first kappa shape index (κ1) is 12.1. The SMILES string of the molecule is Cn1nc(-c2cnc(N)nc2-c2ccco2)ccc1=O. The van der Waals surface area contributed by atoms with E-state index in [4.69, 9.17) is 10.2 Å². The summed E-state index contributed by atoms with van der Waals surface area (Å²) in [5.41, 5.74) is 7.18. The predicted octanol–water partition coefficient (Wildman–Crippen LogP) is 1.08. The van der Waals surface area contributed by atoms with Gasteiger partial charge in [-0.05, 0) is 18.2 Å². The molecule has 0 amide bonds. The van der Waals surface area contributed by atoms with Crippen LogP contribution in [0.3, 0.4) is 0 Å². The number of nitrogens with zero attached hydrogens (tertiary/aromatic N) is 4. The zero-order valence-corrected chi connectivity index (χ0v) is 10.6. The quantitative estimate of drug-likeness (QED) is 0.747. The van der Waals surface area contributed by atoms with Gasteiger partial charge in [0.15, 0.2) is 5.76 Å². The molecule has 0 radical (unpaired) electrons. The van der Waals surface area contributed by atoms with Gasteiger partial charge in [0.25, 0.3) is 5.56 Å². The second-order valence-electron chi connectivity index (χ2n) is 4.15. The fraction of sp³-hybridized carbons (Fsp3) is 0.0769. The number of nitrogens with two attached hydrogens (primary N) is 1. The second kappa shape index (κ2) is 4.61. The molecule has 0 fully saturated rings. The Morgan fingerprint density at radius 1 is 1.30 bits per heavy atom. The van der Waals surface area contributed by atoms with Gasteiger partial charge >= 0.3 is 0 Å². The highest BCUT2D eigenvalue weighted by Crippen LogP contribution is 2.28. The Hall–Kier alpha value is -2.96. The number of aromatic nitrogens is 4. The molecule has 0 aliphatic rings. The summed E-state index contributed by atoms with van der Waals surface area (Å²) in [6.07, 6.45) is 3.11. The highest BCUT2D eigenvalue weighted by Gasteiger charge is 2.14. The third kappa shape index (κ3) is 2.05. The van der Waals surface area contributed by atoms with E-state index in [-0.39, 0.29) is 11.5 Å². The van der Waals surface area contributed by atoms with Crippen LogP contribution >= 0.6 is 0 Å². The van der Waals surface area contributed by atoms with Crippen molar-refractivity contribution in [2.24, 2.45) is 7.05 Å². The second-order valence-corrected chi connectivity index (χ2v) is 4.15. The van der Waals surface area contributed by atoms with Gasteiger partial charge in [0.05, 0.1) is 17.5 Å². The lowest BCUT2D eigenvalue weighted by atomic mass is 10.1. The van der Waals surface area contributed by atoms with Crippen LogP contribution in [0, 0.1) is 0 Å². The van der Waals surface area contributed by atoms with Crippen LogP contribution in [0.15, 0.2) is 45.9 Å². The maximum Gasteiger partial charge on any atom is 0.266 e. The Bertz CT molecular complexity index is 808. The van der Waals surface area contributed by atoms with E-state index < -0.39 is 0 Å². The van der Waals surface area contributed by atoms with E-state index in [9.17, 15) is 4.79 Å². The van der Waals surface area contributed by atoms with Crippen LogP contribution in [0.25, 0.3) is 22.7 Å². The zero-order valence-electron chi connectivity index (χ0n) is 10.6. The molecule has 0 saturated heterocycles. The smallest absolute Gasteiger partial charge is 0.266 e. The number of furan rings is 1. The first-order valence-electron chi connectivity index (χ1n) is 5.86. The van der Waals surface area contributed by atoms with Crippen molar-refractivity contribution in [1.29, 1.82) is 0 Å². The fourth-order valence-electron chi connectivity index (χ4n) is 1.83. The molecule has 3 aromatic rings. The predicted molar refractivity (Wildman–Crippen MR) is 72.6 cm³/mol. The van der Waals surface area contributed by atoms with Gasteiger partial charge in [0.2, 0.25) is 5.95 Å². The molecule has 2 N–H and O–H groups in total. The molecular formula is C13H11N5O2. The number of nitrogen functional groups attached to an aromatic ring is 1. The van der Waals surface area contributed by atoms with Gasteiger partial charge in [-0.2, -0.15) is 5.10 Å². The van der Waals surface area contributed by atoms with Crippen LogP contribution in [0.4, 0.5) is 5.95 Å². The summed E-state index contributed by atoms with van der Waals surface area (Å²) < 4.78 is 6.60. The lowest BCUT2D eigenvalue weighted by molar-refractivity contribution is 0.580. The highest BCUT2D eigenvalue weighted by atomic mass is 16.3. The first-order valence-corrected chi connectivity index (χ1v) is 5.86. The first-order chi connectivity index (χ1) is 9.65. The number of anilines is 1. The molecule has 0 atom stereocenters. The Morgan fingerprint density at radius 3 is 2.85 bits per heavy atom. The van der Waals surface area contributed by atoms with Crippen LogP contribution < -0.4 is 11.3 Å². The Balaban J connectivity index is 2.23. The van der Waals surface area contributed by atoms with Crippen LogP contribution in [0.2, 0.25) is 0 Å². The van der Waals surface area contributed by atoms with Gasteiger partial charge in [-0.1, -0.05) is 0 Å². The molecule has 3 rings (SSSR count). The third-order valence-electron chi connectivity index (χ3n) is 2.80. The monoisotopic (exact) mass is 269 g/mol. The van der Waals surface area contributed by atoms with Crippen molar-refractivity contribution in [2.75, 3.05) is 5.73 Å². The van der Waals surface area contributed by atoms with Crippen molar-refractivity contribution in [1.82, 2.24) is 19.7 Å². The summed E-state index contributed by atoms with van der Waals surface area (Å²) in [6, 6.07) is 6.58. The molecule has 3 aromatic heterocycles. The molecule has 7 nitrogen and oxygen atoms in total. The van der Waals surface area contributed by atoms with E-state index >= 15 is 0 Å². The van der Waals surface area contributed by atoms with E-state index in [0.717, 1.165) is 0 Å². The van der Waals surface area contributed by atoms with E-state index in [1.165, 1.54) is 10.7 Å². The summed E-state index contributed by atoms with van der Waals surface area (Å²) >= 11 is 0. The van der Waals surface area contributed by atoms with Crippen LogP contribution in [0.1, 0.15) is 0 Å². The normalized spacial score (nSPS) is 10.7. The maximum atomic E-state index is 11.4. The number of rotatable bonds is 2. The Morgan fingerprint density at radius 2 is 2.15 bits per heavy atom. The molecule has 20 heavy (non-hydrogen) atoms. The molecule has 7 heteroatoms. The molecule has 0 spiro atoms. The lowest BCUT2D eigenvalue weighted by Gasteiger charge is -2.07. The molecular weight excluding hydrogens is 258 g/mol. The molecule has 0 saturated carbocycles. The van der Waals surface area contributed by atoms with Gasteiger partial charge < -0.3 is 10.2 Å². The van der Waals surface area contributed by atoms with E-state index in [0.29, 0.717) is 22.7 Å². The van der Waals surface area contributed by atoms with Crippen molar-refractivity contribution in [3.05, 3.63) is 47.1 Å². The number of hydrogen-bond acceptors (Lipinski definition) is 6. The third-order valence-corrected chi connectivity index (χ3v) is 2.80. The number of hydrogen-bond donors (Lipinski definition) is 1. The average Bonchev–Trinajstić information content (AvgIpc) is 2.96. The van der Waals surface area contributed by atoms with Gasteiger partial charge in [-0.25, -0.2) is 14.6 Å². The zero-order chi connectivity index (χ0) is 14.1. The minimum Gasteiger partial charge on any atom is -0.463 e. The van der Waals surface area contributed by atoms with Gasteiger partial charge in [0.1, 0.15) is 5.69 Å². The standard InChI is InChI=1S/C13H11N5O2/c1-18-11(19)5-4-9(17-18)8-7-15-13(14)16-12(8)10-3-2-6-20-10/h2-7H,1H3,(H2,14,15,16). The van der Waals surface area contributed by atoms with Crippen LogP contribution in [0.5, 0.6) is 0 Å². The summed E-state index contributed by atoms with van der Waals surface area (Å²) in [7, 11) is 1.58. The van der Waals surface area contributed by atoms with Crippen molar-refractivity contribution in [3.63, 3.8) is 0 Å². The summed E-state index contributed by atoms with van der Waals surface area (Å²) in [5.74, 6) is 0.703. The van der Waals surface area contributed by atoms with Crippen LogP contribution in [-0.4, -0.2) is 19.7 Å². The largest absolute Gasteiger partial charge is 0.463 e. The summed E-state index contributed by atoms with van der Waals surface area (Å²) in [5, 5.41) is 4.18. The van der Waals surface area contributed by atoms with E-state index in [1.54, 1.807) is 37.7 Å². The molecule has 100 valence electrons. The van der Waals surface area contributed by atoms with Crippen molar-refractivity contribution in [3.8, 4) is 22.7 Å². The Labute approximate surface area is 113 Å². The van der Waals surface area contributed by atoms with Crippen molar-refractivity contribution < 1.29 is 4.42 Å². The average molecular weight is 269 g/mol. The van der Waals surface area contributed by atoms with Gasteiger partial charge in [-0.3, -0.25) is 4.79 Å². The highest BCUT2D eigenvalue weighted by molar-refractivity contribution is 5.76. The molecule has 0 unspecified atom stereocenters. The van der Waals surface area contributed by atoms with Crippen molar-refractivity contribution >= 4 is 5.95 Å². The minimum atomic E-state index is -0.190. The fourth-order valence-corrected chi connectivity index (χ4v) is 1.83. The van der Waals surface area contributed by atoms with E-state index in [2.05, 4.69) is 15.1 Å². The van der Waals surface area contributed by atoms with Crippen molar-refractivity contribution in [2.45, 2.75) is 0 Å².